The van der Waals surface area contributed by atoms with Gasteiger partial charge in [0.15, 0.2) is 0 Å². The van der Waals surface area contributed by atoms with Crippen LogP contribution in [0, 0.1) is 13.8 Å². The second kappa shape index (κ2) is 7.09. The maximum absolute atomic E-state index is 5.77. The van der Waals surface area contributed by atoms with E-state index in [1.54, 1.807) is 11.3 Å². The van der Waals surface area contributed by atoms with E-state index in [0.717, 1.165) is 25.1 Å². The van der Waals surface area contributed by atoms with E-state index in [9.17, 15) is 0 Å². The number of ether oxygens (including phenoxy) is 1. The molecule has 3 nitrogen and oxygen atoms in total. The third-order valence-corrected chi connectivity index (χ3v) is 4.17. The zero-order valence-corrected chi connectivity index (χ0v) is 12.4. The van der Waals surface area contributed by atoms with E-state index >= 15 is 0 Å². The van der Waals surface area contributed by atoms with Crippen LogP contribution < -0.4 is 5.32 Å². The number of likely N-dealkylation sites (N-methyl/N-ethyl adjacent to an activating group) is 1. The molecule has 0 spiro atoms. The summed E-state index contributed by atoms with van der Waals surface area (Å²) in [6.07, 6.45) is 2.26. The summed E-state index contributed by atoms with van der Waals surface area (Å²) in [5.74, 6) is 0. The van der Waals surface area contributed by atoms with Gasteiger partial charge in [0, 0.05) is 23.9 Å². The molecule has 17 heavy (non-hydrogen) atoms. The number of rotatable bonds is 7. The highest BCUT2D eigenvalue weighted by atomic mass is 32.1. The Morgan fingerprint density at radius 3 is 2.47 bits per heavy atom. The number of nitrogens with zero attached hydrogens (tertiary/aromatic N) is 1. The lowest BCUT2D eigenvalue weighted by atomic mass is 10.1. The molecule has 0 bridgehead atoms. The molecule has 0 saturated carbocycles. The fraction of sp³-hybridized carbons (Fsp3) is 0.769. The molecular formula is C13H24N2OS. The number of hydrogen-bond acceptors (Lipinski definition) is 4. The molecule has 0 fully saturated rings. The van der Waals surface area contributed by atoms with Crippen LogP contribution in [-0.2, 0) is 11.2 Å². The number of nitrogens with one attached hydrogen (secondary N) is 1. The summed E-state index contributed by atoms with van der Waals surface area (Å²) in [7, 11) is 2.00. The summed E-state index contributed by atoms with van der Waals surface area (Å²) in [4.78, 5) is 5.92. The lowest BCUT2D eigenvalue weighted by molar-refractivity contribution is 0.0339. The number of aromatic nitrogens is 1. The van der Waals surface area contributed by atoms with Crippen LogP contribution in [0.25, 0.3) is 0 Å². The Bertz CT molecular complexity index is 319. The number of hydrogen-bond donors (Lipinski definition) is 1. The lowest BCUT2D eigenvalue weighted by Gasteiger charge is -2.25. The van der Waals surface area contributed by atoms with Crippen molar-refractivity contribution in [2.24, 2.45) is 0 Å². The Hall–Kier alpha value is -0.450. The first-order chi connectivity index (χ1) is 8.12. The zero-order chi connectivity index (χ0) is 12.8. The summed E-state index contributed by atoms with van der Waals surface area (Å²) in [5.41, 5.74) is 1.16. The van der Waals surface area contributed by atoms with E-state index in [0.29, 0.717) is 6.04 Å². The highest BCUT2D eigenvalue weighted by Gasteiger charge is 2.20. The molecule has 1 aromatic heterocycles. The van der Waals surface area contributed by atoms with Gasteiger partial charge in [-0.15, -0.1) is 11.3 Å². The Morgan fingerprint density at radius 1 is 1.35 bits per heavy atom. The van der Waals surface area contributed by atoms with Crippen LogP contribution >= 0.6 is 11.3 Å². The highest BCUT2D eigenvalue weighted by molar-refractivity contribution is 7.11. The van der Waals surface area contributed by atoms with Crippen molar-refractivity contribution in [1.29, 1.82) is 0 Å². The molecule has 1 rings (SSSR count). The second-order valence-electron chi connectivity index (χ2n) is 4.25. The topological polar surface area (TPSA) is 34.1 Å². The molecule has 2 atom stereocenters. The fourth-order valence-corrected chi connectivity index (χ4v) is 2.96. The van der Waals surface area contributed by atoms with Gasteiger partial charge in [-0.05, 0) is 34.2 Å². The fourth-order valence-electron chi connectivity index (χ4n) is 1.97. The van der Waals surface area contributed by atoms with Crippen LogP contribution in [-0.4, -0.2) is 30.8 Å². The predicted molar refractivity (Wildman–Crippen MR) is 73.8 cm³/mol. The second-order valence-corrected chi connectivity index (χ2v) is 5.54. The molecule has 0 saturated heterocycles. The highest BCUT2D eigenvalue weighted by Crippen LogP contribution is 2.19. The summed E-state index contributed by atoms with van der Waals surface area (Å²) < 4.78 is 5.77. The van der Waals surface area contributed by atoms with E-state index in [2.05, 4.69) is 31.1 Å². The van der Waals surface area contributed by atoms with Crippen molar-refractivity contribution < 1.29 is 4.74 Å². The SMILES string of the molecule is CCOC(CC)C(Cc1nc(C)c(C)s1)NC. The van der Waals surface area contributed by atoms with Crippen molar-refractivity contribution in [2.75, 3.05) is 13.7 Å². The third kappa shape index (κ3) is 4.05. The van der Waals surface area contributed by atoms with Crippen LogP contribution in [0.1, 0.15) is 35.8 Å². The molecule has 1 heterocycles. The summed E-state index contributed by atoms with van der Waals surface area (Å²) >= 11 is 1.80. The first-order valence-corrected chi connectivity index (χ1v) is 7.15. The normalized spacial score (nSPS) is 14.9. The van der Waals surface area contributed by atoms with Gasteiger partial charge in [-0.25, -0.2) is 4.98 Å². The van der Waals surface area contributed by atoms with Gasteiger partial charge < -0.3 is 10.1 Å². The molecular weight excluding hydrogens is 232 g/mol. The van der Waals surface area contributed by atoms with Gasteiger partial charge in [0.2, 0.25) is 0 Å². The molecule has 0 aliphatic heterocycles. The van der Waals surface area contributed by atoms with Gasteiger partial charge in [-0.1, -0.05) is 6.92 Å². The van der Waals surface area contributed by atoms with Crippen molar-refractivity contribution in [3.63, 3.8) is 0 Å². The van der Waals surface area contributed by atoms with E-state index < -0.39 is 0 Å². The van der Waals surface area contributed by atoms with Crippen LogP contribution in [0.2, 0.25) is 0 Å². The van der Waals surface area contributed by atoms with Gasteiger partial charge in [0.25, 0.3) is 0 Å². The van der Waals surface area contributed by atoms with Crippen LogP contribution in [0.5, 0.6) is 0 Å². The van der Waals surface area contributed by atoms with E-state index in [1.807, 2.05) is 14.0 Å². The van der Waals surface area contributed by atoms with Crippen molar-refractivity contribution in [1.82, 2.24) is 10.3 Å². The minimum atomic E-state index is 0.273. The van der Waals surface area contributed by atoms with Gasteiger partial charge in [0.05, 0.1) is 16.8 Å². The van der Waals surface area contributed by atoms with Crippen molar-refractivity contribution in [3.05, 3.63) is 15.6 Å². The molecule has 1 aromatic rings. The molecule has 98 valence electrons. The number of aryl methyl sites for hydroxylation is 2. The minimum Gasteiger partial charge on any atom is -0.377 e. The van der Waals surface area contributed by atoms with Crippen molar-refractivity contribution in [2.45, 2.75) is 52.7 Å². The van der Waals surface area contributed by atoms with Gasteiger partial charge >= 0.3 is 0 Å². The molecule has 0 aromatic carbocycles. The predicted octanol–water partition coefficient (Wildman–Crippen LogP) is 2.71. The molecule has 0 aliphatic carbocycles. The van der Waals surface area contributed by atoms with Crippen LogP contribution in [0.3, 0.4) is 0 Å². The average molecular weight is 256 g/mol. The summed E-state index contributed by atoms with van der Waals surface area (Å²) in [6, 6.07) is 0.352. The minimum absolute atomic E-state index is 0.273. The zero-order valence-electron chi connectivity index (χ0n) is 11.5. The molecule has 4 heteroatoms. The van der Waals surface area contributed by atoms with Crippen LogP contribution in [0.15, 0.2) is 0 Å². The first kappa shape index (κ1) is 14.6. The third-order valence-electron chi connectivity index (χ3n) is 3.07. The smallest absolute Gasteiger partial charge is 0.0947 e. The maximum Gasteiger partial charge on any atom is 0.0947 e. The maximum atomic E-state index is 5.77. The molecule has 0 amide bonds. The van der Waals surface area contributed by atoms with Gasteiger partial charge in [-0.2, -0.15) is 0 Å². The van der Waals surface area contributed by atoms with Crippen molar-refractivity contribution in [3.8, 4) is 0 Å². The summed E-state index contributed by atoms with van der Waals surface area (Å²) in [5, 5.41) is 4.56. The van der Waals surface area contributed by atoms with E-state index in [-0.39, 0.29) is 6.10 Å². The number of thiazole rings is 1. The van der Waals surface area contributed by atoms with E-state index in [4.69, 9.17) is 4.74 Å². The Morgan fingerprint density at radius 2 is 2.06 bits per heavy atom. The molecule has 1 N–H and O–H groups in total. The Labute approximate surface area is 109 Å². The summed E-state index contributed by atoms with van der Waals surface area (Å²) in [6.45, 7) is 9.19. The van der Waals surface area contributed by atoms with Crippen LogP contribution in [0.4, 0.5) is 0 Å². The average Bonchev–Trinajstić information content (AvgIpc) is 2.63. The molecule has 0 radical (unpaired) electrons. The van der Waals surface area contributed by atoms with E-state index in [1.165, 1.54) is 9.88 Å². The standard InChI is InChI=1S/C13H24N2OS/c1-6-12(16-7-2)11(14-5)8-13-15-9(3)10(4)17-13/h11-12,14H,6-8H2,1-5H3. The van der Waals surface area contributed by atoms with Gasteiger partial charge in [0.1, 0.15) is 0 Å². The lowest BCUT2D eigenvalue weighted by Crippen LogP contribution is -2.40. The monoisotopic (exact) mass is 256 g/mol. The molecule has 0 aliphatic rings. The van der Waals surface area contributed by atoms with Gasteiger partial charge in [-0.3, -0.25) is 0 Å². The Balaban J connectivity index is 2.68. The first-order valence-electron chi connectivity index (χ1n) is 6.34. The van der Waals surface area contributed by atoms with Crippen molar-refractivity contribution >= 4 is 11.3 Å². The Kier molecular flexibility index (Phi) is 6.09. The largest absolute Gasteiger partial charge is 0.377 e. The quantitative estimate of drug-likeness (QED) is 0.814. The molecule has 2 unspecified atom stereocenters.